The van der Waals surface area contributed by atoms with Crippen LogP contribution in [0.5, 0.6) is 11.5 Å². The minimum absolute atomic E-state index is 0.170. The maximum Gasteiger partial charge on any atom is 0.417 e. The Labute approximate surface area is 192 Å². The van der Waals surface area contributed by atoms with E-state index in [0.29, 0.717) is 34.9 Å². The molecule has 0 unspecified atom stereocenters. The van der Waals surface area contributed by atoms with Crippen LogP contribution < -0.4 is 20.9 Å². The van der Waals surface area contributed by atoms with Gasteiger partial charge in [0.1, 0.15) is 22.9 Å². The van der Waals surface area contributed by atoms with Crippen molar-refractivity contribution in [3.8, 4) is 11.5 Å². The minimum atomic E-state index is -4.66. The molecule has 2 N–H and O–H groups in total. The summed E-state index contributed by atoms with van der Waals surface area (Å²) < 4.78 is 45.6. The molecule has 0 fully saturated rings. The summed E-state index contributed by atoms with van der Waals surface area (Å²) in [5.41, 5.74) is -0.825. The van der Waals surface area contributed by atoms with Gasteiger partial charge in [-0.1, -0.05) is 12.1 Å². The van der Waals surface area contributed by atoms with E-state index in [1.165, 1.54) is 26.4 Å². The summed E-state index contributed by atoms with van der Waals surface area (Å²) in [6, 6.07) is 8.61. The van der Waals surface area contributed by atoms with Gasteiger partial charge in [-0.05, 0) is 36.2 Å². The van der Waals surface area contributed by atoms with E-state index < -0.39 is 28.9 Å². The third kappa shape index (κ3) is 5.80. The molecule has 3 aromatic rings. The number of ether oxygens (including phenoxy) is 1. The number of alkyl halides is 3. The lowest BCUT2D eigenvalue weighted by Gasteiger charge is -2.13. The van der Waals surface area contributed by atoms with Crippen LogP contribution in [-0.2, 0) is 24.4 Å². The Balaban J connectivity index is 1.73. The number of halogens is 3. The number of pyridine rings is 2. The zero-order chi connectivity index (χ0) is 25.0. The monoisotopic (exact) mass is 474 g/mol. The van der Waals surface area contributed by atoms with E-state index in [1.807, 2.05) is 0 Å². The van der Waals surface area contributed by atoms with Crippen LogP contribution in [0.3, 0.4) is 0 Å². The van der Waals surface area contributed by atoms with Crippen molar-refractivity contribution in [2.45, 2.75) is 19.5 Å². The molecule has 2 heterocycles. The second kappa shape index (κ2) is 9.77. The standard InChI is InChI=1S/C23H21F3N4O4/c1-13-8-14(4-5-19(13)34-16-6-7-28-17(11-16)21(32)27-2)9-20(31)29-18-10-15(23(24,25)26)12-30(3)22(18)33/h4-8,10-12H,9H2,1-3H3,(H,27,32)(H,29,31). The number of nitrogens with zero attached hydrogens (tertiary/aromatic N) is 2. The second-order valence-electron chi connectivity index (χ2n) is 7.44. The lowest BCUT2D eigenvalue weighted by atomic mass is 10.1. The maximum absolute atomic E-state index is 13.0. The molecule has 11 heteroatoms. The fourth-order valence-electron chi connectivity index (χ4n) is 3.13. The molecule has 0 saturated heterocycles. The third-order valence-electron chi connectivity index (χ3n) is 4.81. The third-order valence-corrected chi connectivity index (χ3v) is 4.81. The topological polar surface area (TPSA) is 102 Å². The van der Waals surface area contributed by atoms with E-state index in [4.69, 9.17) is 4.74 Å². The highest BCUT2D eigenvalue weighted by molar-refractivity contribution is 5.92. The molecule has 0 saturated carbocycles. The van der Waals surface area contributed by atoms with Gasteiger partial charge in [0.2, 0.25) is 5.91 Å². The summed E-state index contributed by atoms with van der Waals surface area (Å²) in [6.07, 6.45) is -2.73. The zero-order valence-corrected chi connectivity index (χ0v) is 18.5. The van der Waals surface area contributed by atoms with E-state index in [1.54, 1.807) is 31.2 Å². The van der Waals surface area contributed by atoms with Gasteiger partial charge in [0.25, 0.3) is 11.5 Å². The number of hydrogen-bond acceptors (Lipinski definition) is 5. The first-order valence-electron chi connectivity index (χ1n) is 10.0. The van der Waals surface area contributed by atoms with Crippen molar-refractivity contribution < 1.29 is 27.5 Å². The number of carbonyl (C=O) groups excluding carboxylic acids is 2. The Hall–Kier alpha value is -4.15. The second-order valence-corrected chi connectivity index (χ2v) is 7.44. The Morgan fingerprint density at radius 1 is 1.15 bits per heavy atom. The first-order valence-corrected chi connectivity index (χ1v) is 10.0. The Bertz CT molecular complexity index is 1300. The molecule has 34 heavy (non-hydrogen) atoms. The summed E-state index contributed by atoms with van der Waals surface area (Å²) in [7, 11) is 2.66. The molecule has 2 aromatic heterocycles. The van der Waals surface area contributed by atoms with Crippen LogP contribution in [0.2, 0.25) is 0 Å². The molecule has 1 aromatic carbocycles. The van der Waals surface area contributed by atoms with Crippen molar-refractivity contribution in [1.29, 1.82) is 0 Å². The molecule has 3 rings (SSSR count). The fraction of sp³-hybridized carbons (Fsp3) is 0.217. The van der Waals surface area contributed by atoms with Crippen LogP contribution in [0.4, 0.5) is 18.9 Å². The zero-order valence-electron chi connectivity index (χ0n) is 18.5. The smallest absolute Gasteiger partial charge is 0.417 e. The maximum atomic E-state index is 13.0. The molecule has 0 aliphatic rings. The van der Waals surface area contributed by atoms with Crippen LogP contribution >= 0.6 is 0 Å². The summed E-state index contributed by atoms with van der Waals surface area (Å²) in [6.45, 7) is 1.75. The van der Waals surface area contributed by atoms with Crippen LogP contribution in [0.1, 0.15) is 27.2 Å². The van der Waals surface area contributed by atoms with Gasteiger partial charge in [0.15, 0.2) is 0 Å². The van der Waals surface area contributed by atoms with Gasteiger partial charge in [-0.25, -0.2) is 0 Å². The van der Waals surface area contributed by atoms with Gasteiger partial charge in [-0.2, -0.15) is 13.2 Å². The van der Waals surface area contributed by atoms with E-state index in [9.17, 15) is 27.6 Å². The van der Waals surface area contributed by atoms with Crippen molar-refractivity contribution in [3.05, 3.63) is 81.5 Å². The lowest BCUT2D eigenvalue weighted by molar-refractivity contribution is -0.138. The van der Waals surface area contributed by atoms with Crippen molar-refractivity contribution in [1.82, 2.24) is 14.9 Å². The summed E-state index contributed by atoms with van der Waals surface area (Å²) in [4.78, 5) is 40.2. The quantitative estimate of drug-likeness (QED) is 0.570. The highest BCUT2D eigenvalue weighted by Crippen LogP contribution is 2.30. The normalized spacial score (nSPS) is 11.1. The van der Waals surface area contributed by atoms with E-state index in [-0.39, 0.29) is 18.0 Å². The molecule has 0 radical (unpaired) electrons. The molecule has 0 aliphatic carbocycles. The molecule has 0 atom stereocenters. The van der Waals surface area contributed by atoms with Crippen LogP contribution in [-0.4, -0.2) is 28.4 Å². The lowest BCUT2D eigenvalue weighted by Crippen LogP contribution is -2.26. The molecular formula is C23H21F3N4O4. The van der Waals surface area contributed by atoms with Crippen molar-refractivity contribution in [2.75, 3.05) is 12.4 Å². The average Bonchev–Trinajstić information content (AvgIpc) is 2.77. The van der Waals surface area contributed by atoms with Gasteiger partial charge < -0.3 is 19.9 Å². The van der Waals surface area contributed by atoms with Crippen LogP contribution in [0.25, 0.3) is 0 Å². The molecule has 0 spiro atoms. The first kappa shape index (κ1) is 24.5. The highest BCUT2D eigenvalue weighted by atomic mass is 19.4. The number of hydrogen-bond donors (Lipinski definition) is 2. The fourth-order valence-corrected chi connectivity index (χ4v) is 3.13. The van der Waals surface area contributed by atoms with Crippen molar-refractivity contribution in [3.63, 3.8) is 0 Å². The molecule has 8 nitrogen and oxygen atoms in total. The molecular weight excluding hydrogens is 453 g/mol. The number of aryl methyl sites for hydroxylation is 2. The molecule has 0 aliphatic heterocycles. The number of amides is 2. The number of rotatable bonds is 6. The van der Waals surface area contributed by atoms with Crippen molar-refractivity contribution in [2.24, 2.45) is 7.05 Å². The molecule has 2 amide bonds. The SMILES string of the molecule is CNC(=O)c1cc(Oc2ccc(CC(=O)Nc3cc(C(F)(F)F)cn(C)c3=O)cc2C)ccn1. The minimum Gasteiger partial charge on any atom is -0.457 e. The van der Waals surface area contributed by atoms with Gasteiger partial charge >= 0.3 is 6.18 Å². The van der Waals surface area contributed by atoms with Crippen LogP contribution in [0.15, 0.2) is 53.6 Å². The van der Waals surface area contributed by atoms with Gasteiger partial charge in [-0.3, -0.25) is 19.4 Å². The Kier molecular flexibility index (Phi) is 7.04. The summed E-state index contributed by atoms with van der Waals surface area (Å²) in [5, 5.41) is 4.73. The first-order chi connectivity index (χ1) is 16.0. The Morgan fingerprint density at radius 2 is 1.88 bits per heavy atom. The van der Waals surface area contributed by atoms with Crippen LogP contribution in [0, 0.1) is 6.92 Å². The van der Waals surface area contributed by atoms with Gasteiger partial charge in [0, 0.05) is 32.6 Å². The van der Waals surface area contributed by atoms with Gasteiger partial charge in [0.05, 0.1) is 12.0 Å². The van der Waals surface area contributed by atoms with Crippen molar-refractivity contribution >= 4 is 17.5 Å². The summed E-state index contributed by atoms with van der Waals surface area (Å²) in [5.74, 6) is -0.138. The number of anilines is 1. The number of benzene rings is 1. The number of nitrogens with one attached hydrogen (secondary N) is 2. The average molecular weight is 474 g/mol. The number of carbonyl (C=O) groups is 2. The van der Waals surface area contributed by atoms with Gasteiger partial charge in [-0.15, -0.1) is 0 Å². The Morgan fingerprint density at radius 3 is 2.53 bits per heavy atom. The predicted molar refractivity (Wildman–Crippen MR) is 118 cm³/mol. The molecule has 0 bridgehead atoms. The highest BCUT2D eigenvalue weighted by Gasteiger charge is 2.32. The van der Waals surface area contributed by atoms with E-state index >= 15 is 0 Å². The van der Waals surface area contributed by atoms with E-state index in [0.717, 1.165) is 4.57 Å². The summed E-state index contributed by atoms with van der Waals surface area (Å²) >= 11 is 0. The molecule has 178 valence electrons. The van der Waals surface area contributed by atoms with E-state index in [2.05, 4.69) is 15.6 Å². The predicted octanol–water partition coefficient (Wildman–Crippen LogP) is 3.44. The number of aromatic nitrogens is 2. The largest absolute Gasteiger partial charge is 0.457 e.